The van der Waals surface area contributed by atoms with E-state index in [1.165, 1.54) is 51.9 Å². The second kappa shape index (κ2) is 13.2. The van der Waals surface area contributed by atoms with Crippen molar-refractivity contribution >= 4 is 63.7 Å². The van der Waals surface area contributed by atoms with Gasteiger partial charge in [-0.2, -0.15) is 10.1 Å². The summed E-state index contributed by atoms with van der Waals surface area (Å²) in [6.07, 6.45) is -1.74. The van der Waals surface area contributed by atoms with Gasteiger partial charge in [-0.25, -0.2) is 9.67 Å². The fraction of sp³-hybridized carbons (Fsp3) is 0.172. The number of thiocarbonyl (C=S) groups is 1. The third-order valence-electron chi connectivity index (χ3n) is 6.19. The van der Waals surface area contributed by atoms with Gasteiger partial charge < -0.3 is 4.74 Å². The van der Waals surface area contributed by atoms with E-state index < -0.39 is 6.36 Å². The van der Waals surface area contributed by atoms with Crippen LogP contribution >= 0.6 is 35.6 Å². The summed E-state index contributed by atoms with van der Waals surface area (Å²) < 4.78 is 42.5. The van der Waals surface area contributed by atoms with Crippen LogP contribution in [0.15, 0.2) is 83.2 Å². The van der Waals surface area contributed by atoms with Crippen LogP contribution < -0.4 is 15.1 Å². The zero-order chi connectivity index (χ0) is 31.4. The van der Waals surface area contributed by atoms with E-state index in [2.05, 4.69) is 30.3 Å². The van der Waals surface area contributed by atoms with Gasteiger partial charge >= 0.3 is 6.36 Å². The Morgan fingerprint density at radius 1 is 1.14 bits per heavy atom. The van der Waals surface area contributed by atoms with Gasteiger partial charge in [-0.05, 0) is 65.7 Å². The fourth-order valence-corrected chi connectivity index (χ4v) is 5.42. The Morgan fingerprint density at radius 3 is 2.55 bits per heavy atom. The van der Waals surface area contributed by atoms with Gasteiger partial charge in [0.05, 0.1) is 23.3 Å². The Hall–Kier alpha value is -4.27. The number of halogens is 4. The van der Waals surface area contributed by atoms with Crippen molar-refractivity contribution in [1.82, 2.24) is 20.2 Å². The van der Waals surface area contributed by atoms with Gasteiger partial charge in [-0.15, -0.1) is 18.3 Å². The molecule has 44 heavy (non-hydrogen) atoms. The van der Waals surface area contributed by atoms with Crippen LogP contribution in [0.4, 0.5) is 18.9 Å². The highest BCUT2D eigenvalue weighted by Crippen LogP contribution is 2.35. The Morgan fingerprint density at radius 2 is 1.86 bits per heavy atom. The zero-order valence-corrected chi connectivity index (χ0v) is 25.5. The van der Waals surface area contributed by atoms with Crippen LogP contribution in [-0.4, -0.2) is 49.3 Å². The summed E-state index contributed by atoms with van der Waals surface area (Å²) in [6, 6.07) is 18.0. The summed E-state index contributed by atoms with van der Waals surface area (Å²) in [6.45, 7) is 4.08. The number of nitrogens with zero attached hydrogens (tertiary/aromatic N) is 6. The number of rotatable bonds is 7. The lowest BCUT2D eigenvalue weighted by atomic mass is 10.0. The third-order valence-corrected chi connectivity index (χ3v) is 7.53. The quantitative estimate of drug-likeness (QED) is 0.130. The normalized spacial score (nSPS) is 14.7. The number of carbonyl (C=O) groups is 1. The number of hydrogen-bond acceptors (Lipinski definition) is 7. The fourth-order valence-electron chi connectivity index (χ4n) is 4.19. The molecule has 1 aliphatic heterocycles. The van der Waals surface area contributed by atoms with Gasteiger partial charge in [0.1, 0.15) is 12.1 Å². The first kappa shape index (κ1) is 31.2. The molecule has 1 aliphatic rings. The van der Waals surface area contributed by atoms with Gasteiger partial charge in [0.25, 0.3) is 0 Å². The van der Waals surface area contributed by atoms with Crippen molar-refractivity contribution in [3.8, 4) is 22.8 Å². The summed E-state index contributed by atoms with van der Waals surface area (Å²) in [4.78, 5) is 23.0. The van der Waals surface area contributed by atoms with E-state index in [4.69, 9.17) is 23.8 Å². The number of amidine groups is 1. The van der Waals surface area contributed by atoms with Crippen LogP contribution in [0.5, 0.6) is 5.75 Å². The van der Waals surface area contributed by atoms with Crippen LogP contribution in [0.3, 0.4) is 0 Å². The molecule has 1 N–H and O–H groups in total. The minimum atomic E-state index is -4.76. The number of alkyl halides is 3. The van der Waals surface area contributed by atoms with E-state index in [1.54, 1.807) is 42.6 Å². The molecular formula is C29H23ClF3N7O2S2. The highest BCUT2D eigenvalue weighted by Gasteiger charge is 2.32. The van der Waals surface area contributed by atoms with Gasteiger partial charge in [0.15, 0.2) is 11.0 Å². The van der Waals surface area contributed by atoms with Crippen LogP contribution in [0, 0.1) is 0 Å². The smallest absolute Gasteiger partial charge is 0.406 e. The molecule has 2 heterocycles. The Labute approximate surface area is 264 Å². The first-order valence-corrected chi connectivity index (χ1v) is 14.8. The molecule has 0 spiro atoms. The molecule has 0 radical (unpaired) electrons. The first-order chi connectivity index (χ1) is 21.0. The van der Waals surface area contributed by atoms with Crippen LogP contribution in [0.2, 0.25) is 5.02 Å². The van der Waals surface area contributed by atoms with Crippen molar-refractivity contribution < 1.29 is 22.7 Å². The molecule has 5 rings (SSSR count). The molecule has 1 amide bonds. The van der Waals surface area contributed by atoms with E-state index in [0.29, 0.717) is 27.4 Å². The molecule has 4 aromatic rings. The van der Waals surface area contributed by atoms with Crippen molar-refractivity contribution in [1.29, 1.82) is 0 Å². The Balaban J connectivity index is 1.21. The van der Waals surface area contributed by atoms with E-state index in [0.717, 1.165) is 16.7 Å². The number of hydrogen-bond donors (Lipinski definition) is 1. The number of benzene rings is 3. The summed E-state index contributed by atoms with van der Waals surface area (Å²) in [7, 11) is 0. The van der Waals surface area contributed by atoms with E-state index in [9.17, 15) is 18.0 Å². The number of nitrogens with one attached hydrogen (secondary N) is 1. The first-order valence-electron chi connectivity index (χ1n) is 13.0. The molecule has 0 aliphatic carbocycles. The number of aliphatic imine (C=N–C) groups is 1. The van der Waals surface area contributed by atoms with Crippen molar-refractivity contribution in [2.24, 2.45) is 10.1 Å². The predicted octanol–water partition coefficient (Wildman–Crippen LogP) is 6.95. The average Bonchev–Trinajstić information content (AvgIpc) is 3.60. The molecule has 15 heteroatoms. The third kappa shape index (κ3) is 7.62. The topological polar surface area (TPSA) is 97.0 Å². The number of ether oxygens (including phenoxy) is 1. The van der Waals surface area contributed by atoms with Crippen molar-refractivity contribution in [3.05, 3.63) is 89.2 Å². The number of aromatic nitrogens is 3. The SMILES string of the molecule is CC(C)c1ccc(Cl)cc1N1C(=O)CSC1=NC(=S)N/N=C/c1ccc(-c2ncn(-c3ccc(OC(F)(F)F)cc3)n2)cc1. The maximum Gasteiger partial charge on any atom is 0.573 e. The van der Waals surface area contributed by atoms with Gasteiger partial charge in [-0.1, -0.05) is 67.5 Å². The molecule has 0 saturated carbocycles. The van der Waals surface area contributed by atoms with Gasteiger partial charge in [0.2, 0.25) is 11.0 Å². The van der Waals surface area contributed by atoms with Crippen LogP contribution in [-0.2, 0) is 4.79 Å². The zero-order valence-electron chi connectivity index (χ0n) is 23.1. The Bertz CT molecular complexity index is 1740. The number of hydrazone groups is 1. The molecule has 1 aromatic heterocycles. The minimum absolute atomic E-state index is 0.0842. The summed E-state index contributed by atoms with van der Waals surface area (Å²) in [5.41, 5.74) is 6.35. The minimum Gasteiger partial charge on any atom is -0.406 e. The highest BCUT2D eigenvalue weighted by atomic mass is 35.5. The number of amides is 1. The molecule has 0 bridgehead atoms. The monoisotopic (exact) mass is 657 g/mol. The van der Waals surface area contributed by atoms with Gasteiger partial charge in [-0.3, -0.25) is 15.1 Å². The Kier molecular flexibility index (Phi) is 9.32. The maximum atomic E-state index is 12.7. The molecular weight excluding hydrogens is 635 g/mol. The lowest BCUT2D eigenvalue weighted by molar-refractivity contribution is -0.274. The molecule has 1 fully saturated rings. The number of anilines is 1. The van der Waals surface area contributed by atoms with Crippen molar-refractivity contribution in [3.63, 3.8) is 0 Å². The van der Waals surface area contributed by atoms with E-state index >= 15 is 0 Å². The van der Waals surface area contributed by atoms with Gasteiger partial charge in [0, 0.05) is 10.6 Å². The van der Waals surface area contributed by atoms with E-state index in [1.807, 2.05) is 19.9 Å². The lowest BCUT2D eigenvalue weighted by Crippen LogP contribution is -2.31. The molecule has 0 atom stereocenters. The summed E-state index contributed by atoms with van der Waals surface area (Å²) in [5, 5.41) is 9.60. The summed E-state index contributed by atoms with van der Waals surface area (Å²) in [5.74, 6) is 0.382. The molecule has 3 aromatic carbocycles. The second-order valence-corrected chi connectivity index (χ2v) is 11.4. The van der Waals surface area contributed by atoms with Crippen molar-refractivity contribution in [2.75, 3.05) is 10.7 Å². The second-order valence-electron chi connectivity index (χ2n) is 9.62. The molecule has 0 unspecified atom stereocenters. The van der Waals surface area contributed by atoms with Crippen molar-refractivity contribution in [2.45, 2.75) is 26.1 Å². The highest BCUT2D eigenvalue weighted by molar-refractivity contribution is 8.15. The largest absolute Gasteiger partial charge is 0.573 e. The number of thioether (sulfide) groups is 1. The van der Waals surface area contributed by atoms with E-state index in [-0.39, 0.29) is 28.4 Å². The average molecular weight is 658 g/mol. The maximum absolute atomic E-state index is 12.7. The standard InChI is InChI=1S/C29H23ClF3N7O2S2/c1-17(2)23-12-7-20(30)13-24(23)40-25(41)15-44-28(40)36-27(43)37-35-14-18-3-5-19(6-4-18)26-34-16-39(38-26)21-8-10-22(11-9-21)42-29(31,32)33/h3-14,16-17H,15H2,1-2H3,(H,37,43)/b35-14+,36-28?. The molecule has 9 nitrogen and oxygen atoms in total. The lowest BCUT2D eigenvalue weighted by Gasteiger charge is -2.22. The predicted molar refractivity (Wildman–Crippen MR) is 170 cm³/mol. The van der Waals surface area contributed by atoms with Crippen LogP contribution in [0.25, 0.3) is 17.1 Å². The number of carbonyl (C=O) groups excluding carboxylic acids is 1. The van der Waals surface area contributed by atoms with Crippen LogP contribution in [0.1, 0.15) is 30.9 Å². The molecule has 226 valence electrons. The summed E-state index contributed by atoms with van der Waals surface area (Å²) >= 11 is 12.9. The molecule has 1 saturated heterocycles.